The Kier molecular flexibility index (Phi) is 10.2. The smallest absolute Gasteiger partial charge is 0.188 e. The molecule has 0 amide bonds. The third-order valence-electron chi connectivity index (χ3n) is 3.35. The Balaban J connectivity index is 1.92. The van der Waals surface area contributed by atoms with Crippen LogP contribution in [0.2, 0.25) is 0 Å². The second-order valence-corrected chi connectivity index (χ2v) is 5.63. The SMILES string of the molecule is CC(C)OCCCCNC(N)=NCCCN1CCOCC1. The summed E-state index contributed by atoms with van der Waals surface area (Å²) in [4.78, 5) is 6.76. The number of morpholine rings is 1. The van der Waals surface area contributed by atoms with Crippen molar-refractivity contribution in [1.82, 2.24) is 10.2 Å². The van der Waals surface area contributed by atoms with Crippen LogP contribution in [0.1, 0.15) is 33.1 Å². The van der Waals surface area contributed by atoms with E-state index < -0.39 is 0 Å². The van der Waals surface area contributed by atoms with Gasteiger partial charge in [-0.1, -0.05) is 0 Å². The molecule has 0 aromatic rings. The Labute approximate surface area is 129 Å². The molecular weight excluding hydrogens is 268 g/mol. The summed E-state index contributed by atoms with van der Waals surface area (Å²) in [6, 6.07) is 0. The molecule has 1 aliphatic heterocycles. The third kappa shape index (κ3) is 10.5. The van der Waals surface area contributed by atoms with Crippen LogP contribution in [0.25, 0.3) is 0 Å². The number of nitrogens with two attached hydrogens (primary N) is 1. The first kappa shape index (κ1) is 18.2. The fourth-order valence-electron chi connectivity index (χ4n) is 2.14. The lowest BCUT2D eigenvalue weighted by Gasteiger charge is -2.26. The van der Waals surface area contributed by atoms with E-state index in [1.807, 2.05) is 0 Å². The standard InChI is InChI=1S/C15H32N4O2/c1-14(2)21-11-4-3-6-17-15(16)18-7-5-8-19-9-12-20-13-10-19/h14H,3-13H2,1-2H3,(H3,16,17,18). The summed E-state index contributed by atoms with van der Waals surface area (Å²) in [6.07, 6.45) is 3.47. The molecule has 3 N–H and O–H groups in total. The first-order valence-corrected chi connectivity index (χ1v) is 8.14. The van der Waals surface area contributed by atoms with E-state index in [0.29, 0.717) is 12.1 Å². The highest BCUT2D eigenvalue weighted by molar-refractivity contribution is 5.77. The predicted octanol–water partition coefficient (Wildman–Crippen LogP) is 0.818. The molecule has 21 heavy (non-hydrogen) atoms. The molecule has 0 radical (unpaired) electrons. The first-order valence-electron chi connectivity index (χ1n) is 8.14. The first-order chi connectivity index (χ1) is 10.2. The van der Waals surface area contributed by atoms with Gasteiger partial charge in [0.05, 0.1) is 19.3 Å². The highest BCUT2D eigenvalue weighted by atomic mass is 16.5. The van der Waals surface area contributed by atoms with Gasteiger partial charge in [0.1, 0.15) is 0 Å². The van der Waals surface area contributed by atoms with Gasteiger partial charge < -0.3 is 20.5 Å². The molecule has 124 valence electrons. The summed E-state index contributed by atoms with van der Waals surface area (Å²) < 4.78 is 10.8. The Morgan fingerprint density at radius 1 is 1.29 bits per heavy atom. The van der Waals surface area contributed by atoms with E-state index in [1.165, 1.54) is 0 Å². The molecule has 0 atom stereocenters. The zero-order valence-electron chi connectivity index (χ0n) is 13.6. The van der Waals surface area contributed by atoms with Gasteiger partial charge in [-0.3, -0.25) is 9.89 Å². The van der Waals surface area contributed by atoms with E-state index in [1.54, 1.807) is 0 Å². The van der Waals surface area contributed by atoms with Crippen LogP contribution < -0.4 is 11.1 Å². The monoisotopic (exact) mass is 300 g/mol. The zero-order valence-corrected chi connectivity index (χ0v) is 13.6. The van der Waals surface area contributed by atoms with Crippen molar-refractivity contribution in [3.63, 3.8) is 0 Å². The van der Waals surface area contributed by atoms with Crippen LogP contribution in [0.5, 0.6) is 0 Å². The van der Waals surface area contributed by atoms with Crippen molar-refractivity contribution in [3.05, 3.63) is 0 Å². The minimum Gasteiger partial charge on any atom is -0.379 e. The van der Waals surface area contributed by atoms with E-state index in [-0.39, 0.29) is 0 Å². The molecule has 0 aromatic heterocycles. The van der Waals surface area contributed by atoms with Crippen LogP contribution >= 0.6 is 0 Å². The lowest BCUT2D eigenvalue weighted by atomic mass is 10.3. The van der Waals surface area contributed by atoms with Crippen LogP contribution in [-0.4, -0.2) is 69.5 Å². The summed E-state index contributed by atoms with van der Waals surface area (Å²) >= 11 is 0. The number of guanidine groups is 1. The van der Waals surface area contributed by atoms with Gasteiger partial charge in [0.2, 0.25) is 0 Å². The van der Waals surface area contributed by atoms with E-state index in [9.17, 15) is 0 Å². The zero-order chi connectivity index (χ0) is 15.3. The number of aliphatic imine (C=N–C) groups is 1. The maximum Gasteiger partial charge on any atom is 0.188 e. The number of rotatable bonds is 10. The molecule has 0 spiro atoms. The van der Waals surface area contributed by atoms with Crippen LogP contribution in [0.15, 0.2) is 4.99 Å². The largest absolute Gasteiger partial charge is 0.379 e. The number of hydrogen-bond acceptors (Lipinski definition) is 4. The molecule has 0 unspecified atom stereocenters. The average Bonchev–Trinajstić information content (AvgIpc) is 2.48. The Morgan fingerprint density at radius 2 is 2.05 bits per heavy atom. The normalized spacial score (nSPS) is 17.4. The second-order valence-electron chi connectivity index (χ2n) is 5.63. The van der Waals surface area contributed by atoms with Crippen LogP contribution in [0, 0.1) is 0 Å². The molecule has 6 nitrogen and oxygen atoms in total. The minimum absolute atomic E-state index is 0.316. The molecule has 1 heterocycles. The van der Waals surface area contributed by atoms with Gasteiger partial charge in [-0.15, -0.1) is 0 Å². The lowest BCUT2D eigenvalue weighted by Crippen LogP contribution is -2.37. The van der Waals surface area contributed by atoms with Gasteiger partial charge in [0.15, 0.2) is 5.96 Å². The molecule has 0 bridgehead atoms. The molecule has 1 rings (SSSR count). The molecule has 1 fully saturated rings. The van der Waals surface area contributed by atoms with Crippen LogP contribution in [0.4, 0.5) is 0 Å². The molecule has 6 heteroatoms. The summed E-state index contributed by atoms with van der Waals surface area (Å²) in [5, 5.41) is 3.15. The maximum absolute atomic E-state index is 5.83. The highest BCUT2D eigenvalue weighted by Gasteiger charge is 2.08. The van der Waals surface area contributed by atoms with Crippen molar-refractivity contribution in [2.75, 3.05) is 52.5 Å². The number of nitrogens with zero attached hydrogens (tertiary/aromatic N) is 2. The van der Waals surface area contributed by atoms with Crippen molar-refractivity contribution >= 4 is 5.96 Å². The molecule has 1 saturated heterocycles. The minimum atomic E-state index is 0.316. The van der Waals surface area contributed by atoms with Gasteiger partial charge >= 0.3 is 0 Å². The van der Waals surface area contributed by atoms with Gasteiger partial charge in [0, 0.05) is 39.3 Å². The summed E-state index contributed by atoms with van der Waals surface area (Å²) in [6.45, 7) is 11.4. The molecule has 0 saturated carbocycles. The lowest BCUT2D eigenvalue weighted by molar-refractivity contribution is 0.0377. The van der Waals surface area contributed by atoms with E-state index in [4.69, 9.17) is 15.2 Å². The van der Waals surface area contributed by atoms with Crippen LogP contribution in [-0.2, 0) is 9.47 Å². The van der Waals surface area contributed by atoms with Crippen molar-refractivity contribution in [3.8, 4) is 0 Å². The number of ether oxygens (including phenoxy) is 2. The van der Waals surface area contributed by atoms with E-state index in [0.717, 1.165) is 71.8 Å². The average molecular weight is 300 g/mol. The quantitative estimate of drug-likeness (QED) is 0.355. The van der Waals surface area contributed by atoms with Gasteiger partial charge in [-0.2, -0.15) is 0 Å². The Bertz CT molecular complexity index is 279. The molecular formula is C15H32N4O2. The fourth-order valence-corrected chi connectivity index (χ4v) is 2.14. The van der Waals surface area contributed by atoms with Gasteiger partial charge in [-0.25, -0.2) is 0 Å². The molecule has 0 aliphatic carbocycles. The fraction of sp³-hybridized carbons (Fsp3) is 0.933. The van der Waals surface area contributed by atoms with Crippen molar-refractivity contribution in [1.29, 1.82) is 0 Å². The van der Waals surface area contributed by atoms with Crippen molar-refractivity contribution < 1.29 is 9.47 Å². The molecule has 1 aliphatic rings. The van der Waals surface area contributed by atoms with E-state index in [2.05, 4.69) is 29.1 Å². The maximum atomic E-state index is 5.83. The summed E-state index contributed by atoms with van der Waals surface area (Å²) in [7, 11) is 0. The summed E-state index contributed by atoms with van der Waals surface area (Å²) in [5.74, 6) is 0.557. The van der Waals surface area contributed by atoms with E-state index >= 15 is 0 Å². The third-order valence-corrected chi connectivity index (χ3v) is 3.35. The molecule has 0 aromatic carbocycles. The number of unbranched alkanes of at least 4 members (excludes halogenated alkanes) is 1. The van der Waals surface area contributed by atoms with Crippen molar-refractivity contribution in [2.24, 2.45) is 10.7 Å². The Hall–Kier alpha value is -0.850. The van der Waals surface area contributed by atoms with Gasteiger partial charge in [-0.05, 0) is 33.1 Å². The number of hydrogen-bond donors (Lipinski definition) is 2. The van der Waals surface area contributed by atoms with Gasteiger partial charge in [0.25, 0.3) is 0 Å². The van der Waals surface area contributed by atoms with Crippen LogP contribution in [0.3, 0.4) is 0 Å². The predicted molar refractivity (Wildman–Crippen MR) is 86.7 cm³/mol. The second kappa shape index (κ2) is 11.8. The Morgan fingerprint density at radius 3 is 2.76 bits per heavy atom. The summed E-state index contributed by atoms with van der Waals surface area (Å²) in [5.41, 5.74) is 5.83. The highest BCUT2D eigenvalue weighted by Crippen LogP contribution is 1.98. The number of nitrogens with one attached hydrogen (secondary N) is 1. The topological polar surface area (TPSA) is 72.1 Å². The van der Waals surface area contributed by atoms with Crippen molar-refractivity contribution in [2.45, 2.75) is 39.2 Å².